The number of piperidine rings is 1. The lowest BCUT2D eigenvalue weighted by Gasteiger charge is -2.32. The van der Waals surface area contributed by atoms with Crippen molar-refractivity contribution in [3.63, 3.8) is 0 Å². The van der Waals surface area contributed by atoms with Gasteiger partial charge >= 0.3 is 6.18 Å². The highest BCUT2D eigenvalue weighted by Crippen LogP contribution is 2.23. The Morgan fingerprint density at radius 2 is 1.76 bits per heavy atom. The molecule has 0 spiro atoms. The Bertz CT molecular complexity index is 554. The van der Waals surface area contributed by atoms with Crippen LogP contribution in [0.2, 0.25) is 0 Å². The molecule has 2 heterocycles. The first-order valence-corrected chi connectivity index (χ1v) is 8.27. The Kier molecular flexibility index (Phi) is 6.77. The van der Waals surface area contributed by atoms with Gasteiger partial charge in [-0.1, -0.05) is 0 Å². The molecule has 0 saturated carbocycles. The summed E-state index contributed by atoms with van der Waals surface area (Å²) in [5.74, 6) is -0.281. The summed E-state index contributed by atoms with van der Waals surface area (Å²) in [5, 5.41) is 10.2. The molecule has 10 heteroatoms. The normalized spacial score (nSPS) is 16.0. The molecule has 25 heavy (non-hydrogen) atoms. The fourth-order valence-electron chi connectivity index (χ4n) is 2.71. The first kappa shape index (κ1) is 19.2. The van der Waals surface area contributed by atoms with E-state index < -0.39 is 24.9 Å². The Morgan fingerprint density at radius 3 is 2.36 bits per heavy atom. The van der Waals surface area contributed by atoms with Crippen LogP contribution in [0.4, 0.5) is 13.2 Å². The second kappa shape index (κ2) is 8.82. The molecule has 0 atom stereocenters. The van der Waals surface area contributed by atoms with Crippen LogP contribution in [0, 0.1) is 5.92 Å². The summed E-state index contributed by atoms with van der Waals surface area (Å²) in [4.78, 5) is 25.0. The van der Waals surface area contributed by atoms with Crippen molar-refractivity contribution >= 4 is 11.8 Å². The zero-order valence-corrected chi connectivity index (χ0v) is 13.8. The molecule has 1 N–H and O–H groups in total. The Balaban J connectivity index is 1.60. The van der Waals surface area contributed by atoms with E-state index in [-0.39, 0.29) is 11.8 Å². The third-order valence-electron chi connectivity index (χ3n) is 4.24. The number of hydrogen-bond acceptors (Lipinski definition) is 4. The second-order valence-corrected chi connectivity index (χ2v) is 6.19. The first-order valence-electron chi connectivity index (χ1n) is 8.27. The maximum atomic E-state index is 12.2. The van der Waals surface area contributed by atoms with E-state index in [1.54, 1.807) is 17.2 Å². The zero-order valence-electron chi connectivity index (χ0n) is 13.8. The Morgan fingerprint density at radius 1 is 1.12 bits per heavy atom. The van der Waals surface area contributed by atoms with Gasteiger partial charge in [0.05, 0.1) is 6.42 Å². The minimum atomic E-state index is -4.30. The van der Waals surface area contributed by atoms with Gasteiger partial charge in [-0.2, -0.15) is 13.2 Å². The van der Waals surface area contributed by atoms with E-state index in [9.17, 15) is 22.8 Å². The lowest BCUT2D eigenvalue weighted by Crippen LogP contribution is -2.41. The summed E-state index contributed by atoms with van der Waals surface area (Å²) in [6.45, 7) is 1.91. The van der Waals surface area contributed by atoms with Crippen LogP contribution in [0.25, 0.3) is 0 Å². The van der Waals surface area contributed by atoms with Gasteiger partial charge in [-0.3, -0.25) is 9.59 Å². The highest BCUT2D eigenvalue weighted by atomic mass is 19.4. The van der Waals surface area contributed by atoms with Gasteiger partial charge < -0.3 is 14.8 Å². The van der Waals surface area contributed by atoms with Crippen molar-refractivity contribution in [3.05, 3.63) is 12.7 Å². The third kappa shape index (κ3) is 7.10. The van der Waals surface area contributed by atoms with Crippen LogP contribution in [0.1, 0.15) is 32.1 Å². The molecule has 0 aliphatic carbocycles. The van der Waals surface area contributed by atoms with Gasteiger partial charge in [0.25, 0.3) is 0 Å². The summed E-state index contributed by atoms with van der Waals surface area (Å²) in [6, 6.07) is 0. The standard InChI is InChI=1S/C15H22F3N5O2/c16-15(17,18)5-1-14(25)23-7-2-12(3-8-23)9-19-13(24)4-6-22-10-20-21-11-22/h10-12H,1-9H2,(H,19,24). The van der Waals surface area contributed by atoms with Crippen molar-refractivity contribution in [3.8, 4) is 0 Å². The topological polar surface area (TPSA) is 80.1 Å². The van der Waals surface area contributed by atoms with Crippen LogP contribution >= 0.6 is 0 Å². The second-order valence-electron chi connectivity index (χ2n) is 6.19. The molecule has 1 fully saturated rings. The van der Waals surface area contributed by atoms with Crippen molar-refractivity contribution in [2.24, 2.45) is 5.92 Å². The highest BCUT2D eigenvalue weighted by Gasteiger charge is 2.30. The third-order valence-corrected chi connectivity index (χ3v) is 4.24. The summed E-state index contributed by atoms with van der Waals surface area (Å²) < 4.78 is 38.2. The monoisotopic (exact) mass is 361 g/mol. The van der Waals surface area contributed by atoms with Crippen LogP contribution in [0.5, 0.6) is 0 Å². The molecule has 1 aliphatic heterocycles. The van der Waals surface area contributed by atoms with Gasteiger partial charge in [-0.05, 0) is 18.8 Å². The van der Waals surface area contributed by atoms with Crippen LogP contribution < -0.4 is 5.32 Å². The van der Waals surface area contributed by atoms with Crippen molar-refractivity contribution in [2.45, 2.75) is 44.8 Å². The molecule has 2 rings (SSSR count). The van der Waals surface area contributed by atoms with E-state index >= 15 is 0 Å². The fourth-order valence-corrected chi connectivity index (χ4v) is 2.71. The predicted octanol–water partition coefficient (Wildman–Crippen LogP) is 1.37. The molecule has 0 unspecified atom stereocenters. The number of alkyl halides is 3. The largest absolute Gasteiger partial charge is 0.389 e. The average molecular weight is 361 g/mol. The van der Waals surface area contributed by atoms with Crippen molar-refractivity contribution < 1.29 is 22.8 Å². The van der Waals surface area contributed by atoms with Crippen molar-refractivity contribution in [1.29, 1.82) is 0 Å². The van der Waals surface area contributed by atoms with Gasteiger partial charge in [0.2, 0.25) is 11.8 Å². The van der Waals surface area contributed by atoms with Gasteiger partial charge in [0.15, 0.2) is 0 Å². The summed E-state index contributed by atoms with van der Waals surface area (Å²) in [7, 11) is 0. The smallest absolute Gasteiger partial charge is 0.356 e. The van der Waals surface area contributed by atoms with E-state index in [1.807, 2.05) is 0 Å². The minimum absolute atomic E-state index is 0.0719. The number of carbonyl (C=O) groups excluding carboxylic acids is 2. The molecule has 1 aliphatic rings. The highest BCUT2D eigenvalue weighted by molar-refractivity contribution is 5.76. The molecule has 0 aromatic carbocycles. The lowest BCUT2D eigenvalue weighted by molar-refractivity contribution is -0.149. The number of nitrogens with one attached hydrogen (secondary N) is 1. The molecular weight excluding hydrogens is 339 g/mol. The molecule has 2 amide bonds. The Labute approximate surface area is 143 Å². The number of amides is 2. The van der Waals surface area contributed by atoms with E-state index in [0.29, 0.717) is 45.4 Å². The maximum Gasteiger partial charge on any atom is 0.389 e. The number of rotatable bonds is 7. The SMILES string of the molecule is O=C(CCn1cnnc1)NCC1CCN(C(=O)CCC(F)(F)F)CC1. The number of carbonyl (C=O) groups is 2. The molecule has 0 bridgehead atoms. The van der Waals surface area contributed by atoms with E-state index in [0.717, 1.165) is 0 Å². The van der Waals surface area contributed by atoms with Gasteiger partial charge in [0.1, 0.15) is 12.7 Å². The fraction of sp³-hybridized carbons (Fsp3) is 0.733. The summed E-state index contributed by atoms with van der Waals surface area (Å²) in [6.07, 6.45) is -1.09. The average Bonchev–Trinajstić information content (AvgIpc) is 3.09. The van der Waals surface area contributed by atoms with Crippen LogP contribution in [0.3, 0.4) is 0 Å². The number of hydrogen-bond donors (Lipinski definition) is 1. The number of halogens is 3. The van der Waals surface area contributed by atoms with Gasteiger partial charge in [0, 0.05) is 39.0 Å². The first-order chi connectivity index (χ1) is 11.8. The quantitative estimate of drug-likeness (QED) is 0.795. The van der Waals surface area contributed by atoms with E-state index in [2.05, 4.69) is 15.5 Å². The number of aryl methyl sites for hydroxylation is 1. The molecular formula is C15H22F3N5O2. The zero-order chi connectivity index (χ0) is 18.3. The molecule has 1 aromatic rings. The molecule has 1 aromatic heterocycles. The minimum Gasteiger partial charge on any atom is -0.356 e. The summed E-state index contributed by atoms with van der Waals surface area (Å²) >= 11 is 0. The van der Waals surface area contributed by atoms with Crippen molar-refractivity contribution in [1.82, 2.24) is 25.0 Å². The molecule has 140 valence electrons. The maximum absolute atomic E-state index is 12.2. The lowest BCUT2D eigenvalue weighted by atomic mass is 9.96. The van der Waals surface area contributed by atoms with Crippen molar-refractivity contribution in [2.75, 3.05) is 19.6 Å². The van der Waals surface area contributed by atoms with E-state index in [4.69, 9.17) is 0 Å². The molecule has 0 radical (unpaired) electrons. The number of likely N-dealkylation sites (tertiary alicyclic amines) is 1. The van der Waals surface area contributed by atoms with Crippen LogP contribution in [-0.2, 0) is 16.1 Å². The van der Waals surface area contributed by atoms with Gasteiger partial charge in [-0.15, -0.1) is 10.2 Å². The molecule has 7 nitrogen and oxygen atoms in total. The predicted molar refractivity (Wildman–Crippen MR) is 82.2 cm³/mol. The molecule has 1 saturated heterocycles. The number of aromatic nitrogens is 3. The summed E-state index contributed by atoms with van der Waals surface area (Å²) in [5.41, 5.74) is 0. The van der Waals surface area contributed by atoms with Gasteiger partial charge in [-0.25, -0.2) is 0 Å². The van der Waals surface area contributed by atoms with E-state index in [1.165, 1.54) is 4.90 Å². The Hall–Kier alpha value is -2.13. The number of nitrogens with zero attached hydrogens (tertiary/aromatic N) is 4. The van der Waals surface area contributed by atoms with Crippen LogP contribution in [0.15, 0.2) is 12.7 Å². The van der Waals surface area contributed by atoms with Crippen LogP contribution in [-0.4, -0.2) is 57.3 Å².